The van der Waals surface area contributed by atoms with E-state index in [1.807, 2.05) is 30.3 Å². The number of phenolic OH excluding ortho intramolecular Hbond substituents is 1. The number of phenols is 1. The maximum atomic E-state index is 13.7. The molecule has 0 saturated heterocycles. The number of aromatic nitrogens is 1. The Morgan fingerprint density at radius 1 is 1.03 bits per heavy atom. The summed E-state index contributed by atoms with van der Waals surface area (Å²) in [7, 11) is 3.32. The number of carbonyl (C=O) groups excluding carboxylic acids is 2. The van der Waals surface area contributed by atoms with Crippen molar-refractivity contribution in [3.63, 3.8) is 0 Å². The summed E-state index contributed by atoms with van der Waals surface area (Å²) in [4.78, 5) is 32.1. The van der Waals surface area contributed by atoms with Gasteiger partial charge in [0.05, 0.1) is 13.5 Å². The van der Waals surface area contributed by atoms with Gasteiger partial charge < -0.3 is 25.0 Å². The van der Waals surface area contributed by atoms with E-state index >= 15 is 0 Å². The van der Waals surface area contributed by atoms with Gasteiger partial charge in [0, 0.05) is 35.8 Å². The Morgan fingerprint density at radius 3 is 2.59 bits per heavy atom. The molecule has 1 aliphatic rings. The van der Waals surface area contributed by atoms with Crippen LogP contribution >= 0.6 is 0 Å². The minimum absolute atomic E-state index is 0.117. The van der Waals surface area contributed by atoms with E-state index in [1.54, 1.807) is 43.3 Å². The number of nitrogens with zero attached hydrogens (tertiary/aromatic N) is 1. The highest BCUT2D eigenvalue weighted by atomic mass is 16.5. The Morgan fingerprint density at radius 2 is 1.81 bits per heavy atom. The van der Waals surface area contributed by atoms with E-state index in [-0.39, 0.29) is 24.0 Å². The number of benzene rings is 3. The first-order valence-electron chi connectivity index (χ1n) is 12.5. The SMILES string of the molecule is COc1ccc(N(C)C(=O)C2Cc3cccc(c3)CCCc3[nH]c4ccc(O)cc4c3CC(=O)N2)cc1. The highest BCUT2D eigenvalue weighted by Crippen LogP contribution is 2.28. The number of amides is 2. The van der Waals surface area contributed by atoms with Crippen molar-refractivity contribution >= 4 is 28.4 Å². The summed E-state index contributed by atoms with van der Waals surface area (Å²) >= 11 is 0. The highest BCUT2D eigenvalue weighted by molar-refractivity contribution is 6.00. The van der Waals surface area contributed by atoms with Gasteiger partial charge in [0.2, 0.25) is 11.8 Å². The summed E-state index contributed by atoms with van der Waals surface area (Å²) in [5, 5.41) is 13.9. The van der Waals surface area contributed by atoms with Crippen molar-refractivity contribution in [1.29, 1.82) is 0 Å². The van der Waals surface area contributed by atoms with Gasteiger partial charge in [-0.2, -0.15) is 0 Å². The molecule has 37 heavy (non-hydrogen) atoms. The highest BCUT2D eigenvalue weighted by Gasteiger charge is 2.27. The third-order valence-corrected chi connectivity index (χ3v) is 7.06. The van der Waals surface area contributed by atoms with Gasteiger partial charge >= 0.3 is 0 Å². The number of ether oxygens (including phenoxy) is 1. The molecule has 2 amide bonds. The molecule has 0 aliphatic carbocycles. The van der Waals surface area contributed by atoms with E-state index in [1.165, 1.54) is 5.56 Å². The molecule has 7 heteroatoms. The molecule has 190 valence electrons. The van der Waals surface area contributed by atoms with E-state index in [4.69, 9.17) is 4.74 Å². The van der Waals surface area contributed by atoms with E-state index in [9.17, 15) is 14.7 Å². The molecule has 0 saturated carbocycles. The molecule has 7 nitrogen and oxygen atoms in total. The first kappa shape index (κ1) is 24.4. The standard InChI is InChI=1S/C30H31N3O4/c1-33(21-9-12-23(37-2)13-10-21)30(36)28-16-20-7-3-5-19(15-20)6-4-8-26-25(18-29(35)32-28)24-17-22(34)11-14-27(24)31-26/h3,5,7,9-15,17,28,31,34H,4,6,8,16,18H2,1-2H3,(H,32,35). The van der Waals surface area contributed by atoms with Crippen LogP contribution in [-0.2, 0) is 35.3 Å². The average Bonchev–Trinajstić information content (AvgIpc) is 3.23. The number of nitrogens with one attached hydrogen (secondary N) is 2. The zero-order valence-electron chi connectivity index (χ0n) is 21.1. The summed E-state index contributed by atoms with van der Waals surface area (Å²) in [5.74, 6) is 0.429. The van der Waals surface area contributed by atoms with Crippen LogP contribution in [0, 0.1) is 0 Å². The number of rotatable bonds is 3. The Hall–Kier alpha value is -4.26. The summed E-state index contributed by atoms with van der Waals surface area (Å²) in [5.41, 5.74) is 5.66. The largest absolute Gasteiger partial charge is 0.508 e. The molecule has 1 unspecified atom stereocenters. The number of H-pyrrole nitrogens is 1. The van der Waals surface area contributed by atoms with Crippen LogP contribution in [0.2, 0.25) is 0 Å². The molecule has 1 aliphatic heterocycles. The topological polar surface area (TPSA) is 94.7 Å². The van der Waals surface area contributed by atoms with Crippen LogP contribution in [0.4, 0.5) is 5.69 Å². The number of hydrogen-bond acceptors (Lipinski definition) is 4. The van der Waals surface area contributed by atoms with Gasteiger partial charge in [-0.3, -0.25) is 9.59 Å². The Balaban J connectivity index is 1.49. The second kappa shape index (κ2) is 10.4. The Kier molecular flexibility index (Phi) is 6.86. The van der Waals surface area contributed by atoms with Gasteiger partial charge in [-0.25, -0.2) is 0 Å². The van der Waals surface area contributed by atoms with Crippen LogP contribution in [0.1, 0.15) is 28.8 Å². The van der Waals surface area contributed by atoms with Crippen molar-refractivity contribution < 1.29 is 19.4 Å². The smallest absolute Gasteiger partial charge is 0.249 e. The van der Waals surface area contributed by atoms with Crippen LogP contribution in [-0.4, -0.2) is 42.1 Å². The van der Waals surface area contributed by atoms with Crippen LogP contribution in [0.3, 0.4) is 0 Å². The number of aryl methyl sites for hydroxylation is 2. The van der Waals surface area contributed by atoms with Gasteiger partial charge in [-0.15, -0.1) is 0 Å². The lowest BCUT2D eigenvalue weighted by Crippen LogP contribution is -2.49. The monoisotopic (exact) mass is 497 g/mol. The Labute approximate surface area is 216 Å². The Bertz CT molecular complexity index is 1440. The van der Waals surface area contributed by atoms with E-state index in [0.29, 0.717) is 17.9 Å². The number of fused-ring (bicyclic) bond motifs is 5. The predicted molar refractivity (Wildman–Crippen MR) is 144 cm³/mol. The minimum atomic E-state index is -0.738. The van der Waals surface area contributed by atoms with Gasteiger partial charge in [0.15, 0.2) is 0 Å². The van der Waals surface area contributed by atoms with Crippen LogP contribution < -0.4 is 15.0 Å². The fourth-order valence-corrected chi connectivity index (χ4v) is 5.10. The maximum absolute atomic E-state index is 13.7. The van der Waals surface area contributed by atoms with Crippen molar-refractivity contribution in [1.82, 2.24) is 10.3 Å². The van der Waals surface area contributed by atoms with Gasteiger partial charge in [-0.05, 0) is 78.4 Å². The zero-order chi connectivity index (χ0) is 25.9. The number of carbonyl (C=O) groups is 2. The van der Waals surface area contributed by atoms with Gasteiger partial charge in [-0.1, -0.05) is 24.3 Å². The minimum Gasteiger partial charge on any atom is -0.508 e. The van der Waals surface area contributed by atoms with Crippen molar-refractivity contribution in [2.75, 3.05) is 19.1 Å². The number of aromatic amines is 1. The van der Waals surface area contributed by atoms with E-state index in [0.717, 1.165) is 47.0 Å². The van der Waals surface area contributed by atoms with Crippen LogP contribution in [0.25, 0.3) is 10.9 Å². The van der Waals surface area contributed by atoms with Gasteiger partial charge in [0.25, 0.3) is 0 Å². The molecule has 2 heterocycles. The molecular formula is C30H31N3O4. The maximum Gasteiger partial charge on any atom is 0.249 e. The van der Waals surface area contributed by atoms with E-state index < -0.39 is 6.04 Å². The first-order chi connectivity index (χ1) is 17.9. The summed E-state index contributed by atoms with van der Waals surface area (Å²) in [6.45, 7) is 0. The molecule has 1 aromatic heterocycles. The molecule has 3 N–H and O–H groups in total. The lowest BCUT2D eigenvalue weighted by molar-refractivity contribution is -0.127. The number of anilines is 1. The summed E-state index contributed by atoms with van der Waals surface area (Å²) in [6, 6.07) is 19.9. The summed E-state index contributed by atoms with van der Waals surface area (Å²) in [6.07, 6.45) is 3.09. The van der Waals surface area contributed by atoms with Gasteiger partial charge in [0.1, 0.15) is 17.5 Å². The average molecular weight is 498 g/mol. The zero-order valence-corrected chi connectivity index (χ0v) is 21.1. The van der Waals surface area contributed by atoms with Crippen molar-refractivity contribution in [2.24, 2.45) is 0 Å². The van der Waals surface area contributed by atoms with E-state index in [2.05, 4.69) is 22.4 Å². The molecule has 3 aromatic carbocycles. The third kappa shape index (κ3) is 5.31. The molecule has 5 rings (SSSR count). The third-order valence-electron chi connectivity index (χ3n) is 7.06. The molecule has 0 fully saturated rings. The second-order valence-electron chi connectivity index (χ2n) is 9.58. The number of hydrogen-bond donors (Lipinski definition) is 3. The van der Waals surface area contributed by atoms with Crippen molar-refractivity contribution in [2.45, 2.75) is 38.1 Å². The molecular weight excluding hydrogens is 466 g/mol. The fraction of sp³-hybridized carbons (Fsp3) is 0.267. The lowest BCUT2D eigenvalue weighted by atomic mass is 9.99. The number of likely N-dealkylation sites (N-methyl/N-ethyl adjacent to an activating group) is 1. The van der Waals surface area contributed by atoms with Crippen LogP contribution in [0.5, 0.6) is 11.5 Å². The summed E-state index contributed by atoms with van der Waals surface area (Å²) < 4.78 is 5.23. The van der Waals surface area contributed by atoms with Crippen LogP contribution in [0.15, 0.2) is 66.7 Å². The first-order valence-corrected chi connectivity index (χ1v) is 12.5. The predicted octanol–water partition coefficient (Wildman–Crippen LogP) is 4.30. The van der Waals surface area contributed by atoms with Crippen molar-refractivity contribution in [3.8, 4) is 11.5 Å². The van der Waals surface area contributed by atoms with Crippen molar-refractivity contribution in [3.05, 3.63) is 89.1 Å². The number of aromatic hydroxyl groups is 1. The molecule has 2 bridgehead atoms. The lowest BCUT2D eigenvalue weighted by Gasteiger charge is -2.25. The molecule has 4 aromatic rings. The molecule has 1 atom stereocenters. The normalized spacial score (nSPS) is 16.1. The fourth-order valence-electron chi connectivity index (χ4n) is 5.10. The second-order valence-corrected chi connectivity index (χ2v) is 9.58. The number of methoxy groups -OCH3 is 1. The quantitative estimate of drug-likeness (QED) is 0.393. The molecule has 0 spiro atoms. The molecule has 0 radical (unpaired) electrons.